The molecule has 1 aromatic heterocycles. The quantitative estimate of drug-likeness (QED) is 0.357. The molecule has 0 radical (unpaired) electrons. The van der Waals surface area contributed by atoms with E-state index in [-0.39, 0.29) is 54.6 Å². The van der Waals surface area contributed by atoms with Gasteiger partial charge in [-0.3, -0.25) is 14.5 Å². The number of anilines is 1. The first-order valence-corrected chi connectivity index (χ1v) is 16.5. The Hall–Kier alpha value is -2.88. The molecule has 3 heterocycles. The van der Waals surface area contributed by atoms with E-state index < -0.39 is 0 Å². The second-order valence-corrected chi connectivity index (χ2v) is 13.8. The zero-order valence-electron chi connectivity index (χ0n) is 27.8. The van der Waals surface area contributed by atoms with Crippen molar-refractivity contribution in [3.05, 3.63) is 56.5 Å². The molecule has 0 bridgehead atoms. The van der Waals surface area contributed by atoms with Crippen molar-refractivity contribution in [3.8, 4) is 5.75 Å². The number of carbonyl (C=O) groups excluding carboxylic acids is 1. The Morgan fingerprint density at radius 1 is 0.977 bits per heavy atom. The second-order valence-electron chi connectivity index (χ2n) is 13.8. The van der Waals surface area contributed by atoms with Gasteiger partial charge in [0.25, 0.3) is 11.5 Å². The Morgan fingerprint density at radius 2 is 1.61 bits per heavy atom. The second kappa shape index (κ2) is 13.6. The third-order valence-corrected chi connectivity index (χ3v) is 9.71. The number of ether oxygens (including phenoxy) is 3. The molecule has 2 aliphatic heterocycles. The Kier molecular flexibility index (Phi) is 10.1. The fraction of sp³-hybridized carbons (Fsp3) is 0.657. The van der Waals surface area contributed by atoms with E-state index >= 15 is 0 Å². The van der Waals surface area contributed by atoms with E-state index in [4.69, 9.17) is 14.2 Å². The first kappa shape index (κ1) is 32.5. The van der Waals surface area contributed by atoms with Crippen molar-refractivity contribution < 1.29 is 19.0 Å². The molecular weight excluding hydrogens is 556 g/mol. The van der Waals surface area contributed by atoms with Gasteiger partial charge in [-0.15, -0.1) is 0 Å². The van der Waals surface area contributed by atoms with Crippen molar-refractivity contribution in [1.29, 1.82) is 0 Å². The maximum Gasteiger partial charge on any atom is 0.253 e. The summed E-state index contributed by atoms with van der Waals surface area (Å²) in [5.74, 6) is 0.928. The SMILES string of the molecule is Cc1cc(C)c(CNC(=O)c2cc(OC3CC(N4C[C@@H](C)O[C@@H](C)C4)C3)cc(N[C@@H](C)C3C[C@H](C)O[C@@H](C)C3)c2C)c(=O)[nH]1. The van der Waals surface area contributed by atoms with Crippen molar-refractivity contribution in [2.75, 3.05) is 18.4 Å². The number of aromatic amines is 1. The summed E-state index contributed by atoms with van der Waals surface area (Å²) < 4.78 is 18.4. The molecule has 1 saturated carbocycles. The first-order chi connectivity index (χ1) is 20.9. The molecule has 1 amide bonds. The van der Waals surface area contributed by atoms with Crippen LogP contribution in [0.4, 0.5) is 5.69 Å². The van der Waals surface area contributed by atoms with Gasteiger partial charge in [0, 0.05) is 73.1 Å². The molecule has 2 saturated heterocycles. The third kappa shape index (κ3) is 7.66. The van der Waals surface area contributed by atoms with Gasteiger partial charge in [-0.1, -0.05) is 0 Å². The van der Waals surface area contributed by atoms with Gasteiger partial charge >= 0.3 is 0 Å². The van der Waals surface area contributed by atoms with Crippen LogP contribution in [-0.4, -0.2) is 71.5 Å². The summed E-state index contributed by atoms with van der Waals surface area (Å²) in [6.07, 6.45) is 4.94. The van der Waals surface area contributed by atoms with Gasteiger partial charge in [-0.05, 0) is 97.4 Å². The summed E-state index contributed by atoms with van der Waals surface area (Å²) in [5.41, 5.74) is 4.39. The van der Waals surface area contributed by atoms with Crippen LogP contribution >= 0.6 is 0 Å². The van der Waals surface area contributed by atoms with E-state index in [1.54, 1.807) is 0 Å². The number of pyridine rings is 1. The summed E-state index contributed by atoms with van der Waals surface area (Å²) in [7, 11) is 0. The molecule has 0 unspecified atom stereocenters. The van der Waals surface area contributed by atoms with Crippen LogP contribution in [-0.2, 0) is 16.0 Å². The molecule has 3 N–H and O–H groups in total. The molecule has 9 nitrogen and oxygen atoms in total. The molecule has 242 valence electrons. The topological polar surface area (TPSA) is 105 Å². The lowest BCUT2D eigenvalue weighted by molar-refractivity contribution is -0.103. The van der Waals surface area contributed by atoms with Gasteiger partial charge in [0.2, 0.25) is 0 Å². The van der Waals surface area contributed by atoms with Crippen LogP contribution in [0.1, 0.15) is 93.0 Å². The van der Waals surface area contributed by atoms with Crippen molar-refractivity contribution >= 4 is 11.6 Å². The largest absolute Gasteiger partial charge is 0.490 e. The Balaban J connectivity index is 1.33. The van der Waals surface area contributed by atoms with Gasteiger partial charge in [-0.25, -0.2) is 0 Å². The standard InChI is InChI=1S/C35H52N4O5/c1-19-9-20(2)37-35(41)32(19)16-36-34(40)31-14-30(44-29-12-28(13-29)39-17-23(5)43-24(6)18-39)15-33(25(31)7)38-26(8)27-10-21(3)42-22(4)11-27/h9,14-15,21-24,26-29,38H,10-13,16-18H2,1-8H3,(H,36,40)(H,37,41)/t21-,22-,23-,24+,26-,28?,29?/m0/s1. The highest BCUT2D eigenvalue weighted by molar-refractivity contribution is 5.97. The minimum atomic E-state index is -0.223. The summed E-state index contributed by atoms with van der Waals surface area (Å²) >= 11 is 0. The molecule has 1 aliphatic carbocycles. The predicted molar refractivity (Wildman–Crippen MR) is 174 cm³/mol. The van der Waals surface area contributed by atoms with Gasteiger partial charge in [-0.2, -0.15) is 0 Å². The van der Waals surface area contributed by atoms with Gasteiger partial charge in [0.15, 0.2) is 0 Å². The van der Waals surface area contributed by atoms with Crippen LogP contribution in [0, 0.1) is 26.7 Å². The lowest BCUT2D eigenvalue weighted by Gasteiger charge is -2.46. The molecular formula is C35H52N4O5. The Morgan fingerprint density at radius 3 is 2.25 bits per heavy atom. The fourth-order valence-electron chi connectivity index (χ4n) is 7.38. The number of aryl methyl sites for hydroxylation is 2. The number of rotatable bonds is 9. The number of nitrogens with zero attached hydrogens (tertiary/aromatic N) is 1. The minimum Gasteiger partial charge on any atom is -0.490 e. The predicted octanol–water partition coefficient (Wildman–Crippen LogP) is 5.25. The van der Waals surface area contributed by atoms with Crippen LogP contribution in [0.3, 0.4) is 0 Å². The fourth-order valence-corrected chi connectivity index (χ4v) is 7.38. The number of benzene rings is 1. The average molecular weight is 609 g/mol. The normalized spacial score (nSPS) is 29.9. The van der Waals surface area contributed by atoms with Crippen molar-refractivity contribution in [2.45, 2.75) is 130 Å². The monoisotopic (exact) mass is 608 g/mol. The number of hydrogen-bond acceptors (Lipinski definition) is 7. The van der Waals surface area contributed by atoms with E-state index in [2.05, 4.69) is 61.2 Å². The van der Waals surface area contributed by atoms with Gasteiger partial charge in [0.05, 0.1) is 24.4 Å². The summed E-state index contributed by atoms with van der Waals surface area (Å²) in [6.45, 7) is 18.6. The Labute approximate surface area is 262 Å². The smallest absolute Gasteiger partial charge is 0.253 e. The third-order valence-electron chi connectivity index (χ3n) is 9.71. The average Bonchev–Trinajstić information content (AvgIpc) is 2.90. The molecule has 2 aromatic rings. The molecule has 9 heteroatoms. The van der Waals surface area contributed by atoms with Crippen molar-refractivity contribution in [2.24, 2.45) is 5.92 Å². The number of carbonyl (C=O) groups is 1. The molecule has 5 atom stereocenters. The maximum absolute atomic E-state index is 13.7. The van der Waals surface area contributed by atoms with E-state index in [0.717, 1.165) is 61.3 Å². The zero-order valence-corrected chi connectivity index (χ0v) is 27.8. The zero-order chi connectivity index (χ0) is 31.7. The highest BCUT2D eigenvalue weighted by Gasteiger charge is 2.38. The van der Waals surface area contributed by atoms with Crippen LogP contribution < -0.4 is 20.9 Å². The number of amides is 1. The lowest BCUT2D eigenvalue weighted by Crippen LogP contribution is -2.56. The first-order valence-electron chi connectivity index (χ1n) is 16.5. The molecule has 1 aromatic carbocycles. The molecule has 3 aliphatic rings. The Bertz CT molecular complexity index is 1370. The summed E-state index contributed by atoms with van der Waals surface area (Å²) in [4.78, 5) is 31.6. The molecule has 44 heavy (non-hydrogen) atoms. The number of aromatic nitrogens is 1. The summed E-state index contributed by atoms with van der Waals surface area (Å²) in [6, 6.07) is 6.52. The van der Waals surface area contributed by atoms with E-state index in [1.165, 1.54) is 0 Å². The maximum atomic E-state index is 13.7. The number of H-pyrrole nitrogens is 1. The molecule has 3 fully saturated rings. The molecule has 0 spiro atoms. The van der Waals surface area contributed by atoms with E-state index in [9.17, 15) is 9.59 Å². The van der Waals surface area contributed by atoms with Gasteiger partial charge < -0.3 is 29.8 Å². The van der Waals surface area contributed by atoms with E-state index in [0.29, 0.717) is 28.8 Å². The lowest BCUT2D eigenvalue weighted by atomic mass is 9.86. The number of nitrogens with one attached hydrogen (secondary N) is 3. The summed E-state index contributed by atoms with van der Waals surface area (Å²) in [5, 5.41) is 6.74. The minimum absolute atomic E-state index is 0.100. The molecule has 5 rings (SSSR count). The highest BCUT2D eigenvalue weighted by atomic mass is 16.5. The van der Waals surface area contributed by atoms with Crippen LogP contribution in [0.5, 0.6) is 5.75 Å². The number of morpholine rings is 1. The van der Waals surface area contributed by atoms with Crippen molar-refractivity contribution in [3.63, 3.8) is 0 Å². The van der Waals surface area contributed by atoms with Crippen LogP contribution in [0.25, 0.3) is 0 Å². The highest BCUT2D eigenvalue weighted by Crippen LogP contribution is 2.36. The van der Waals surface area contributed by atoms with Crippen LogP contribution in [0.15, 0.2) is 23.0 Å². The van der Waals surface area contributed by atoms with Crippen molar-refractivity contribution in [1.82, 2.24) is 15.2 Å². The van der Waals surface area contributed by atoms with Gasteiger partial charge in [0.1, 0.15) is 11.9 Å². The number of hydrogen-bond donors (Lipinski definition) is 3. The van der Waals surface area contributed by atoms with E-state index in [1.807, 2.05) is 32.9 Å². The van der Waals surface area contributed by atoms with Crippen LogP contribution in [0.2, 0.25) is 0 Å².